The molecule has 2 aromatic rings. The molecule has 6 heteroatoms. The van der Waals surface area contributed by atoms with Gasteiger partial charge in [0.25, 0.3) is 5.91 Å². The number of likely N-dealkylation sites (tertiary alicyclic amines) is 1. The Kier molecular flexibility index (Phi) is 4.66. The third-order valence-electron chi connectivity index (χ3n) is 4.78. The molecule has 6 nitrogen and oxygen atoms in total. The molecule has 0 saturated carbocycles. The Hall–Kier alpha value is -2.21. The second-order valence-corrected chi connectivity index (χ2v) is 6.50. The third-order valence-corrected chi connectivity index (χ3v) is 4.78. The molecule has 0 radical (unpaired) electrons. The SMILES string of the molecule is CCN1CCC(N(C)C(=O)c2ccc(-n3nc(C)cc3C)nc2)C1. The molecule has 3 rings (SSSR count). The van der Waals surface area contributed by atoms with Crippen molar-refractivity contribution in [3.05, 3.63) is 41.3 Å². The summed E-state index contributed by atoms with van der Waals surface area (Å²) in [7, 11) is 1.89. The molecule has 0 N–H and O–H groups in total. The van der Waals surface area contributed by atoms with Crippen LogP contribution in [0.25, 0.3) is 5.82 Å². The van der Waals surface area contributed by atoms with Crippen LogP contribution in [0.15, 0.2) is 24.4 Å². The van der Waals surface area contributed by atoms with Gasteiger partial charge in [-0.05, 0) is 45.0 Å². The average Bonchev–Trinajstić information content (AvgIpc) is 3.20. The van der Waals surface area contributed by atoms with Gasteiger partial charge in [0.1, 0.15) is 0 Å². The number of nitrogens with zero attached hydrogens (tertiary/aromatic N) is 5. The van der Waals surface area contributed by atoms with Gasteiger partial charge in [-0.25, -0.2) is 9.67 Å². The normalized spacial score (nSPS) is 18.1. The molecular weight excluding hydrogens is 302 g/mol. The van der Waals surface area contributed by atoms with Crippen molar-refractivity contribution >= 4 is 5.91 Å². The molecule has 3 heterocycles. The average molecular weight is 327 g/mol. The molecule has 0 bridgehead atoms. The second-order valence-electron chi connectivity index (χ2n) is 6.50. The molecule has 1 saturated heterocycles. The molecule has 1 aliphatic heterocycles. The van der Waals surface area contributed by atoms with Gasteiger partial charge in [0.15, 0.2) is 5.82 Å². The molecule has 0 spiro atoms. The van der Waals surface area contributed by atoms with Crippen molar-refractivity contribution in [1.29, 1.82) is 0 Å². The highest BCUT2D eigenvalue weighted by Crippen LogP contribution is 2.17. The van der Waals surface area contributed by atoms with Gasteiger partial charge in [-0.3, -0.25) is 4.79 Å². The smallest absolute Gasteiger partial charge is 0.255 e. The minimum atomic E-state index is 0.0328. The van der Waals surface area contributed by atoms with Gasteiger partial charge in [-0.15, -0.1) is 0 Å². The van der Waals surface area contributed by atoms with E-state index in [0.29, 0.717) is 5.56 Å². The first kappa shape index (κ1) is 16.6. The lowest BCUT2D eigenvalue weighted by molar-refractivity contribution is 0.0735. The maximum Gasteiger partial charge on any atom is 0.255 e. The highest BCUT2D eigenvalue weighted by molar-refractivity contribution is 5.94. The van der Waals surface area contributed by atoms with Crippen LogP contribution in [0.5, 0.6) is 0 Å². The van der Waals surface area contributed by atoms with E-state index in [9.17, 15) is 4.79 Å². The largest absolute Gasteiger partial charge is 0.337 e. The fraction of sp³-hybridized carbons (Fsp3) is 0.500. The molecule has 0 aromatic carbocycles. The Morgan fingerprint density at radius 2 is 2.17 bits per heavy atom. The Balaban J connectivity index is 1.73. The molecule has 1 fully saturated rings. The van der Waals surface area contributed by atoms with Crippen molar-refractivity contribution < 1.29 is 4.79 Å². The van der Waals surface area contributed by atoms with E-state index in [1.165, 1.54) is 0 Å². The van der Waals surface area contributed by atoms with Gasteiger partial charge < -0.3 is 9.80 Å². The van der Waals surface area contributed by atoms with Crippen LogP contribution in [0.4, 0.5) is 0 Å². The van der Waals surface area contributed by atoms with Crippen molar-refractivity contribution in [2.45, 2.75) is 33.2 Å². The van der Waals surface area contributed by atoms with Crippen molar-refractivity contribution in [3.8, 4) is 5.82 Å². The van der Waals surface area contributed by atoms with E-state index in [1.807, 2.05) is 44.0 Å². The standard InChI is InChI=1S/C18H25N5O/c1-5-22-9-8-16(12-22)21(4)18(24)15-6-7-17(19-11-15)23-14(3)10-13(2)20-23/h6-7,10-11,16H,5,8-9,12H2,1-4H3. The Labute approximate surface area is 143 Å². The minimum Gasteiger partial charge on any atom is -0.337 e. The maximum atomic E-state index is 12.7. The molecular formula is C18H25N5O. The number of hydrogen-bond acceptors (Lipinski definition) is 4. The van der Waals surface area contributed by atoms with E-state index in [0.717, 1.165) is 43.3 Å². The van der Waals surface area contributed by atoms with Crippen LogP contribution in [-0.2, 0) is 0 Å². The lowest BCUT2D eigenvalue weighted by Crippen LogP contribution is -2.39. The van der Waals surface area contributed by atoms with Gasteiger partial charge in [0.05, 0.1) is 11.3 Å². The lowest BCUT2D eigenvalue weighted by atomic mass is 10.2. The number of pyridine rings is 1. The summed E-state index contributed by atoms with van der Waals surface area (Å²) in [5, 5.41) is 4.42. The quantitative estimate of drug-likeness (QED) is 0.862. The van der Waals surface area contributed by atoms with Crippen LogP contribution in [-0.4, -0.2) is 63.2 Å². The summed E-state index contributed by atoms with van der Waals surface area (Å²) in [6.07, 6.45) is 2.69. The first-order valence-electron chi connectivity index (χ1n) is 8.48. The number of rotatable bonds is 4. The van der Waals surface area contributed by atoms with Gasteiger partial charge >= 0.3 is 0 Å². The summed E-state index contributed by atoms with van der Waals surface area (Å²) < 4.78 is 1.80. The summed E-state index contributed by atoms with van der Waals surface area (Å²) in [6.45, 7) is 9.17. The fourth-order valence-corrected chi connectivity index (χ4v) is 3.28. The van der Waals surface area contributed by atoms with Crippen LogP contribution in [0.2, 0.25) is 0 Å². The van der Waals surface area contributed by atoms with Crippen LogP contribution >= 0.6 is 0 Å². The summed E-state index contributed by atoms with van der Waals surface area (Å²) in [4.78, 5) is 21.3. The predicted molar refractivity (Wildman–Crippen MR) is 93.4 cm³/mol. The molecule has 1 aliphatic rings. The zero-order valence-corrected chi connectivity index (χ0v) is 14.9. The van der Waals surface area contributed by atoms with Crippen LogP contribution in [0, 0.1) is 13.8 Å². The Morgan fingerprint density at radius 3 is 2.71 bits per heavy atom. The number of carbonyl (C=O) groups is 1. The third kappa shape index (κ3) is 3.19. The number of hydrogen-bond donors (Lipinski definition) is 0. The zero-order valence-electron chi connectivity index (χ0n) is 14.9. The predicted octanol–water partition coefficient (Wildman–Crippen LogP) is 2.05. The van der Waals surface area contributed by atoms with E-state index in [1.54, 1.807) is 10.9 Å². The highest BCUT2D eigenvalue weighted by atomic mass is 16.2. The van der Waals surface area contributed by atoms with E-state index >= 15 is 0 Å². The van der Waals surface area contributed by atoms with E-state index < -0.39 is 0 Å². The monoisotopic (exact) mass is 327 g/mol. The van der Waals surface area contributed by atoms with E-state index in [4.69, 9.17) is 0 Å². The van der Waals surface area contributed by atoms with Gasteiger partial charge in [-0.1, -0.05) is 6.92 Å². The van der Waals surface area contributed by atoms with Crippen molar-refractivity contribution in [2.24, 2.45) is 0 Å². The summed E-state index contributed by atoms with van der Waals surface area (Å²) in [6, 6.07) is 5.99. The highest BCUT2D eigenvalue weighted by Gasteiger charge is 2.28. The van der Waals surface area contributed by atoms with Gasteiger partial charge in [0.2, 0.25) is 0 Å². The summed E-state index contributed by atoms with van der Waals surface area (Å²) in [5.41, 5.74) is 2.61. The van der Waals surface area contributed by atoms with Crippen LogP contribution in [0.1, 0.15) is 35.1 Å². The molecule has 128 valence electrons. The van der Waals surface area contributed by atoms with Gasteiger partial charge in [0, 0.05) is 38.1 Å². The molecule has 1 unspecified atom stereocenters. The van der Waals surface area contributed by atoms with E-state index in [-0.39, 0.29) is 11.9 Å². The molecule has 24 heavy (non-hydrogen) atoms. The summed E-state index contributed by atoms with van der Waals surface area (Å²) in [5.74, 6) is 0.767. The van der Waals surface area contributed by atoms with Crippen LogP contribution < -0.4 is 0 Å². The Morgan fingerprint density at radius 1 is 1.38 bits per heavy atom. The molecule has 1 atom stereocenters. The zero-order chi connectivity index (χ0) is 17.3. The number of carbonyl (C=O) groups excluding carboxylic acids is 1. The lowest BCUT2D eigenvalue weighted by Gasteiger charge is -2.24. The molecule has 2 aromatic heterocycles. The van der Waals surface area contributed by atoms with Crippen molar-refractivity contribution in [3.63, 3.8) is 0 Å². The first-order chi connectivity index (χ1) is 11.5. The summed E-state index contributed by atoms with van der Waals surface area (Å²) >= 11 is 0. The minimum absolute atomic E-state index is 0.0328. The van der Waals surface area contributed by atoms with Crippen molar-refractivity contribution in [1.82, 2.24) is 24.6 Å². The molecule has 0 aliphatic carbocycles. The van der Waals surface area contributed by atoms with Gasteiger partial charge in [-0.2, -0.15) is 5.10 Å². The Bertz CT molecular complexity index is 722. The number of amides is 1. The molecule has 1 amide bonds. The number of aryl methyl sites for hydroxylation is 2. The maximum absolute atomic E-state index is 12.7. The number of likely N-dealkylation sites (N-methyl/N-ethyl adjacent to an activating group) is 2. The first-order valence-corrected chi connectivity index (χ1v) is 8.48. The van der Waals surface area contributed by atoms with Crippen molar-refractivity contribution in [2.75, 3.05) is 26.7 Å². The second kappa shape index (κ2) is 6.73. The van der Waals surface area contributed by atoms with E-state index in [2.05, 4.69) is 21.9 Å². The topological polar surface area (TPSA) is 54.3 Å². The van der Waals surface area contributed by atoms with Crippen LogP contribution in [0.3, 0.4) is 0 Å². The number of aromatic nitrogens is 3. The fourth-order valence-electron chi connectivity index (χ4n) is 3.28.